The van der Waals surface area contributed by atoms with Crippen LogP contribution in [0.25, 0.3) is 0 Å². The smallest absolute Gasteiger partial charge is 0.127 e. The van der Waals surface area contributed by atoms with Gasteiger partial charge in [-0.15, -0.1) is 0 Å². The highest BCUT2D eigenvalue weighted by atomic mass is 19.1. The van der Waals surface area contributed by atoms with Gasteiger partial charge in [0.05, 0.1) is 0 Å². The maximum atomic E-state index is 13.3. The lowest BCUT2D eigenvalue weighted by Gasteiger charge is -2.36. The van der Waals surface area contributed by atoms with Crippen molar-refractivity contribution in [3.8, 4) is 5.75 Å². The second kappa shape index (κ2) is 6.14. The van der Waals surface area contributed by atoms with Crippen LogP contribution in [0, 0.1) is 5.82 Å². The molecular weight excluding hydrogens is 267 g/mol. The van der Waals surface area contributed by atoms with Gasteiger partial charge in [0, 0.05) is 44.5 Å². The van der Waals surface area contributed by atoms with Crippen molar-refractivity contribution in [2.75, 3.05) is 31.1 Å². The Balaban J connectivity index is 1.58. The third-order valence-electron chi connectivity index (χ3n) is 3.84. The van der Waals surface area contributed by atoms with Crippen molar-refractivity contribution in [1.82, 2.24) is 4.90 Å². The predicted octanol–water partition coefficient (Wildman–Crippen LogP) is 2.85. The molecule has 0 bridgehead atoms. The molecule has 1 heterocycles. The van der Waals surface area contributed by atoms with Crippen molar-refractivity contribution in [1.29, 1.82) is 0 Å². The number of halogens is 1. The number of nitrogens with zero attached hydrogens (tertiary/aromatic N) is 2. The van der Waals surface area contributed by atoms with Crippen molar-refractivity contribution in [2.24, 2.45) is 0 Å². The van der Waals surface area contributed by atoms with Gasteiger partial charge in [0.25, 0.3) is 0 Å². The number of hydrogen-bond donors (Lipinski definition) is 1. The van der Waals surface area contributed by atoms with Crippen LogP contribution in [0.4, 0.5) is 10.1 Å². The van der Waals surface area contributed by atoms with Gasteiger partial charge in [0.1, 0.15) is 11.6 Å². The van der Waals surface area contributed by atoms with E-state index < -0.39 is 0 Å². The molecule has 0 saturated carbocycles. The first-order valence-electron chi connectivity index (χ1n) is 7.21. The minimum absolute atomic E-state index is 0.00655. The summed E-state index contributed by atoms with van der Waals surface area (Å²) in [5.74, 6) is -0.388. The van der Waals surface area contributed by atoms with Gasteiger partial charge in [-0.3, -0.25) is 4.90 Å². The summed E-state index contributed by atoms with van der Waals surface area (Å²) in [5.41, 5.74) is 2.07. The van der Waals surface area contributed by atoms with Crippen LogP contribution in [-0.4, -0.2) is 36.2 Å². The molecule has 21 heavy (non-hydrogen) atoms. The number of rotatable bonds is 3. The second-order valence-electron chi connectivity index (χ2n) is 5.42. The molecule has 4 heteroatoms. The van der Waals surface area contributed by atoms with Gasteiger partial charge in [-0.1, -0.05) is 18.2 Å². The highest BCUT2D eigenvalue weighted by Gasteiger charge is 2.17. The minimum Gasteiger partial charge on any atom is -0.508 e. The molecule has 0 amide bonds. The Morgan fingerprint density at radius 3 is 2.33 bits per heavy atom. The van der Waals surface area contributed by atoms with Gasteiger partial charge in [0.2, 0.25) is 0 Å². The van der Waals surface area contributed by atoms with Crippen LogP contribution in [0.3, 0.4) is 0 Å². The lowest BCUT2D eigenvalue weighted by molar-refractivity contribution is 0.249. The molecule has 1 aliphatic rings. The van der Waals surface area contributed by atoms with Crippen LogP contribution in [-0.2, 0) is 6.54 Å². The highest BCUT2D eigenvalue weighted by molar-refractivity contribution is 5.46. The monoisotopic (exact) mass is 286 g/mol. The van der Waals surface area contributed by atoms with Crippen molar-refractivity contribution < 1.29 is 9.50 Å². The fourth-order valence-electron chi connectivity index (χ4n) is 2.79. The van der Waals surface area contributed by atoms with E-state index in [0.717, 1.165) is 37.8 Å². The molecule has 1 fully saturated rings. The van der Waals surface area contributed by atoms with Crippen molar-refractivity contribution in [3.63, 3.8) is 0 Å². The zero-order chi connectivity index (χ0) is 14.7. The van der Waals surface area contributed by atoms with E-state index in [1.54, 1.807) is 6.07 Å². The first-order chi connectivity index (χ1) is 10.2. The molecule has 2 aromatic rings. The van der Waals surface area contributed by atoms with E-state index in [9.17, 15) is 9.50 Å². The summed E-state index contributed by atoms with van der Waals surface area (Å²) < 4.78 is 13.3. The molecule has 0 atom stereocenters. The van der Waals surface area contributed by atoms with Crippen LogP contribution < -0.4 is 4.90 Å². The zero-order valence-corrected chi connectivity index (χ0v) is 11.9. The summed E-state index contributed by atoms with van der Waals surface area (Å²) in [6.07, 6.45) is 0. The number of para-hydroxylation sites is 1. The van der Waals surface area contributed by atoms with Crippen LogP contribution in [0.1, 0.15) is 5.56 Å². The van der Waals surface area contributed by atoms with E-state index in [1.807, 2.05) is 6.07 Å². The van der Waals surface area contributed by atoms with Crippen LogP contribution in [0.15, 0.2) is 48.5 Å². The standard InChI is InChI=1S/C17H19FN2O/c18-15-10-14(11-17(21)12-15)13-19-6-8-20(9-7-19)16-4-2-1-3-5-16/h1-5,10-12,21H,6-9,13H2. The van der Waals surface area contributed by atoms with E-state index in [4.69, 9.17) is 0 Å². The van der Waals surface area contributed by atoms with Gasteiger partial charge < -0.3 is 10.0 Å². The van der Waals surface area contributed by atoms with E-state index in [0.29, 0.717) is 6.54 Å². The number of aromatic hydroxyl groups is 1. The average Bonchev–Trinajstić information content (AvgIpc) is 2.48. The number of piperazine rings is 1. The Kier molecular flexibility index (Phi) is 4.06. The number of hydrogen-bond acceptors (Lipinski definition) is 3. The third kappa shape index (κ3) is 3.52. The second-order valence-corrected chi connectivity index (χ2v) is 5.42. The Labute approximate surface area is 124 Å². The summed E-state index contributed by atoms with van der Waals surface area (Å²) in [7, 11) is 0. The molecule has 0 unspecified atom stereocenters. The summed E-state index contributed by atoms with van der Waals surface area (Å²) in [4.78, 5) is 4.65. The molecule has 1 aliphatic heterocycles. The van der Waals surface area contributed by atoms with Crippen molar-refractivity contribution in [3.05, 3.63) is 59.9 Å². The van der Waals surface area contributed by atoms with Crippen molar-refractivity contribution in [2.45, 2.75) is 6.54 Å². The molecular formula is C17H19FN2O. The van der Waals surface area contributed by atoms with Gasteiger partial charge in [-0.05, 0) is 29.8 Å². The summed E-state index contributed by atoms with van der Waals surface area (Å²) >= 11 is 0. The van der Waals surface area contributed by atoms with Gasteiger partial charge in [-0.2, -0.15) is 0 Å². The van der Waals surface area contributed by atoms with E-state index >= 15 is 0 Å². The fraction of sp³-hybridized carbons (Fsp3) is 0.294. The van der Waals surface area contributed by atoms with Gasteiger partial charge >= 0.3 is 0 Å². The minimum atomic E-state index is -0.382. The van der Waals surface area contributed by atoms with Crippen LogP contribution in [0.5, 0.6) is 5.75 Å². The number of anilines is 1. The lowest BCUT2D eigenvalue weighted by atomic mass is 10.1. The van der Waals surface area contributed by atoms with Gasteiger partial charge in [0.15, 0.2) is 0 Å². The highest BCUT2D eigenvalue weighted by Crippen LogP contribution is 2.19. The van der Waals surface area contributed by atoms with Crippen LogP contribution in [0.2, 0.25) is 0 Å². The Bertz CT molecular complexity index is 575. The quantitative estimate of drug-likeness (QED) is 0.940. The first-order valence-corrected chi connectivity index (χ1v) is 7.21. The maximum absolute atomic E-state index is 13.3. The Morgan fingerprint density at radius 1 is 0.952 bits per heavy atom. The maximum Gasteiger partial charge on any atom is 0.127 e. The molecule has 1 N–H and O–H groups in total. The number of phenols is 1. The molecule has 110 valence electrons. The van der Waals surface area contributed by atoms with E-state index in [-0.39, 0.29) is 11.6 Å². The van der Waals surface area contributed by atoms with Gasteiger partial charge in [-0.25, -0.2) is 4.39 Å². The average molecular weight is 286 g/mol. The number of benzene rings is 2. The summed E-state index contributed by atoms with van der Waals surface area (Å²) in [5, 5.41) is 9.45. The third-order valence-corrected chi connectivity index (χ3v) is 3.84. The molecule has 0 aliphatic carbocycles. The molecule has 0 radical (unpaired) electrons. The molecule has 3 nitrogen and oxygen atoms in total. The topological polar surface area (TPSA) is 26.7 Å². The summed E-state index contributed by atoms with van der Waals surface area (Å²) in [6, 6.07) is 14.6. The SMILES string of the molecule is Oc1cc(F)cc(CN2CCN(c3ccccc3)CC2)c1. The summed E-state index contributed by atoms with van der Waals surface area (Å²) in [6.45, 7) is 4.48. The normalized spacial score (nSPS) is 16.1. The zero-order valence-electron chi connectivity index (χ0n) is 11.9. The van der Waals surface area contributed by atoms with Crippen molar-refractivity contribution >= 4 is 5.69 Å². The predicted molar refractivity (Wildman–Crippen MR) is 82.0 cm³/mol. The van der Waals surface area contributed by atoms with Crippen LogP contribution >= 0.6 is 0 Å². The molecule has 3 rings (SSSR count). The number of phenolic OH excluding ortho intramolecular Hbond substituents is 1. The molecule has 0 aromatic heterocycles. The Morgan fingerprint density at radius 2 is 1.67 bits per heavy atom. The van der Waals surface area contributed by atoms with E-state index in [2.05, 4.69) is 34.1 Å². The molecule has 1 saturated heterocycles. The lowest BCUT2D eigenvalue weighted by Crippen LogP contribution is -2.45. The largest absolute Gasteiger partial charge is 0.508 e. The molecule has 2 aromatic carbocycles. The Hall–Kier alpha value is -2.07. The molecule has 0 spiro atoms. The first kappa shape index (κ1) is 13.9. The van der Waals surface area contributed by atoms with E-state index in [1.165, 1.54) is 11.8 Å². The fourth-order valence-corrected chi connectivity index (χ4v) is 2.79.